The van der Waals surface area contributed by atoms with Gasteiger partial charge >= 0.3 is 6.03 Å². The van der Waals surface area contributed by atoms with Crippen LogP contribution >= 0.6 is 0 Å². The molecule has 0 bridgehead atoms. The van der Waals surface area contributed by atoms with Crippen LogP contribution in [-0.2, 0) is 33.6 Å². The standard InChI is InChI=1S/C49H71N11O9/c1-7-17-34(40(62)45(66)52-27-37(61)56-39(47(68)59(5)6)31-20-13-9-14-21-31)54-42(63)33-28-60(48(69)53-32-22-15-10-16-23-32)29-36(33)55-46(67)41(49(2,3)4)58-44(65)38(30-18-11-8-12-19-30)57-43(64)35-26-50-24-25-51-35/h10,15-16,22-26,30-31,33-34,36,38-39,41H,7-9,11-14,17-21,27-29H2,1-6H3,(H,52,66)(H,53,69)(H,54,63)(H,55,67)(H,56,61)(H,57,64)(H,58,65)/t33-,34+,36+,38+,39+,41-/m1/s1. The van der Waals surface area contributed by atoms with Gasteiger partial charge in [0.1, 0.15) is 23.8 Å². The fourth-order valence-corrected chi connectivity index (χ4v) is 9.37. The summed E-state index contributed by atoms with van der Waals surface area (Å²) in [5.41, 5.74) is -0.368. The number of rotatable bonds is 19. The summed E-state index contributed by atoms with van der Waals surface area (Å²) in [5, 5.41) is 19.3. The maximum Gasteiger partial charge on any atom is 0.321 e. The van der Waals surface area contributed by atoms with E-state index in [2.05, 4.69) is 47.2 Å². The second-order valence-corrected chi connectivity index (χ2v) is 19.7. The minimum Gasteiger partial charge on any atom is -0.349 e. The molecule has 20 nitrogen and oxygen atoms in total. The molecule has 69 heavy (non-hydrogen) atoms. The number of nitrogens with one attached hydrogen (secondary N) is 7. The molecule has 1 aliphatic heterocycles. The van der Waals surface area contributed by atoms with E-state index in [1.165, 1.54) is 28.4 Å². The number of ketones is 1. The Morgan fingerprint density at radius 3 is 1.99 bits per heavy atom. The van der Waals surface area contributed by atoms with Crippen molar-refractivity contribution in [2.24, 2.45) is 23.2 Å². The number of Topliss-reactive ketones (excluding diaryl/α,β-unsaturated/α-hetero) is 1. The molecular weight excluding hydrogens is 887 g/mol. The third-order valence-electron chi connectivity index (χ3n) is 13.2. The fourth-order valence-electron chi connectivity index (χ4n) is 9.37. The maximum atomic E-state index is 14.5. The normalized spacial score (nSPS) is 19.4. The van der Waals surface area contributed by atoms with E-state index in [4.69, 9.17) is 0 Å². The number of hydrogen-bond donors (Lipinski definition) is 7. The van der Waals surface area contributed by atoms with Crippen molar-refractivity contribution >= 4 is 58.9 Å². The lowest BCUT2D eigenvalue weighted by Crippen LogP contribution is -2.61. The Hall–Kier alpha value is -6.47. The van der Waals surface area contributed by atoms with E-state index in [0.717, 1.165) is 51.4 Å². The van der Waals surface area contributed by atoms with Crippen molar-refractivity contribution in [1.29, 1.82) is 0 Å². The number of anilines is 1. The molecule has 0 unspecified atom stereocenters. The van der Waals surface area contributed by atoms with Crippen LogP contribution in [0.4, 0.5) is 10.5 Å². The number of para-hydroxylation sites is 1. The summed E-state index contributed by atoms with van der Waals surface area (Å²) in [6.07, 6.45) is 13.1. The van der Waals surface area contributed by atoms with Crippen LogP contribution in [0.25, 0.3) is 0 Å². The molecule has 2 aromatic rings. The van der Waals surface area contributed by atoms with Gasteiger partial charge in [0, 0.05) is 45.3 Å². The first kappa shape index (κ1) is 53.5. The molecule has 2 heterocycles. The third kappa shape index (κ3) is 15.3. The topological polar surface area (TPSA) is 270 Å². The van der Waals surface area contributed by atoms with E-state index in [0.29, 0.717) is 24.9 Å². The van der Waals surface area contributed by atoms with Crippen LogP contribution in [0.5, 0.6) is 0 Å². The molecule has 3 aliphatic rings. The predicted octanol–water partition coefficient (Wildman–Crippen LogP) is 2.46. The number of urea groups is 1. The van der Waals surface area contributed by atoms with Gasteiger partial charge in [-0.05, 0) is 61.5 Å². The van der Waals surface area contributed by atoms with Crippen LogP contribution < -0.4 is 37.2 Å². The van der Waals surface area contributed by atoms with Gasteiger partial charge in [-0.25, -0.2) is 9.78 Å². The molecule has 3 fully saturated rings. The minimum absolute atomic E-state index is 0.0335. The quantitative estimate of drug-likeness (QED) is 0.101. The van der Waals surface area contributed by atoms with Gasteiger partial charge < -0.3 is 47.0 Å². The second-order valence-electron chi connectivity index (χ2n) is 19.7. The lowest BCUT2D eigenvalue weighted by Gasteiger charge is -2.35. The maximum absolute atomic E-state index is 14.5. The first-order valence-corrected chi connectivity index (χ1v) is 24.3. The number of carbonyl (C=O) groups is 9. The van der Waals surface area contributed by atoms with Gasteiger partial charge in [-0.1, -0.05) is 90.8 Å². The first-order valence-electron chi connectivity index (χ1n) is 24.3. The van der Waals surface area contributed by atoms with Gasteiger partial charge in [-0.15, -0.1) is 0 Å². The molecule has 9 amide bonds. The Balaban J connectivity index is 1.31. The molecule has 1 aromatic carbocycles. The molecule has 6 atom stereocenters. The highest BCUT2D eigenvalue weighted by atomic mass is 16.2. The molecule has 20 heteroatoms. The highest BCUT2D eigenvalue weighted by molar-refractivity contribution is 6.38. The molecule has 2 saturated carbocycles. The van der Waals surface area contributed by atoms with Gasteiger partial charge in [0.05, 0.1) is 30.7 Å². The number of benzene rings is 1. The Morgan fingerprint density at radius 2 is 1.41 bits per heavy atom. The molecule has 376 valence electrons. The van der Waals surface area contributed by atoms with Gasteiger partial charge in [0.2, 0.25) is 35.3 Å². The lowest BCUT2D eigenvalue weighted by atomic mass is 9.82. The zero-order valence-electron chi connectivity index (χ0n) is 40.8. The SMILES string of the molecule is CCC[C@H](NC(=O)[C@@H]1CN(C(=O)Nc2ccccc2)C[C@@H]1NC(=O)[C@@H](NC(=O)[C@@H](NC(=O)c1cnccn1)C1CCCCC1)C(C)(C)C)C(=O)C(=O)NCC(=O)N[C@H](C(=O)N(C)C)C1CCCCC1. The Morgan fingerprint density at radius 1 is 0.768 bits per heavy atom. The smallest absolute Gasteiger partial charge is 0.321 e. The number of hydrogen-bond acceptors (Lipinski definition) is 11. The summed E-state index contributed by atoms with van der Waals surface area (Å²) < 4.78 is 0. The average molecular weight is 958 g/mol. The summed E-state index contributed by atoms with van der Waals surface area (Å²) in [7, 11) is 3.21. The number of carbonyl (C=O) groups excluding carboxylic acids is 9. The first-order chi connectivity index (χ1) is 32.9. The third-order valence-corrected chi connectivity index (χ3v) is 13.2. The van der Waals surface area contributed by atoms with E-state index < -0.39 is 95.3 Å². The zero-order valence-corrected chi connectivity index (χ0v) is 40.8. The summed E-state index contributed by atoms with van der Waals surface area (Å²) in [6, 6.07) is 2.80. The molecule has 0 spiro atoms. The predicted molar refractivity (Wildman–Crippen MR) is 256 cm³/mol. The highest BCUT2D eigenvalue weighted by Crippen LogP contribution is 2.29. The Bertz CT molecular complexity index is 2120. The summed E-state index contributed by atoms with van der Waals surface area (Å²) in [4.78, 5) is 134. The van der Waals surface area contributed by atoms with Gasteiger partial charge in [-0.3, -0.25) is 43.3 Å². The molecule has 5 rings (SSSR count). The van der Waals surface area contributed by atoms with Crippen LogP contribution in [0.1, 0.15) is 115 Å². The summed E-state index contributed by atoms with van der Waals surface area (Å²) in [5.74, 6) is -6.93. The summed E-state index contributed by atoms with van der Waals surface area (Å²) in [6.45, 7) is 6.15. The monoisotopic (exact) mass is 958 g/mol. The minimum atomic E-state index is -1.32. The van der Waals surface area contributed by atoms with E-state index >= 15 is 0 Å². The van der Waals surface area contributed by atoms with Crippen LogP contribution in [0.3, 0.4) is 0 Å². The number of amides is 9. The van der Waals surface area contributed by atoms with E-state index in [9.17, 15) is 43.2 Å². The van der Waals surface area contributed by atoms with Crippen molar-refractivity contribution in [1.82, 2.24) is 51.7 Å². The van der Waals surface area contributed by atoms with Crippen molar-refractivity contribution in [2.75, 3.05) is 39.0 Å². The van der Waals surface area contributed by atoms with E-state index in [1.54, 1.807) is 72.1 Å². The van der Waals surface area contributed by atoms with Crippen molar-refractivity contribution in [3.63, 3.8) is 0 Å². The second kappa shape index (κ2) is 25.2. The van der Waals surface area contributed by atoms with Crippen molar-refractivity contribution < 1.29 is 43.2 Å². The van der Waals surface area contributed by atoms with Crippen molar-refractivity contribution in [2.45, 2.75) is 135 Å². The van der Waals surface area contributed by atoms with Gasteiger partial charge in [0.25, 0.3) is 11.8 Å². The van der Waals surface area contributed by atoms with E-state index in [-0.39, 0.29) is 42.9 Å². The van der Waals surface area contributed by atoms with Gasteiger partial charge in [-0.2, -0.15) is 0 Å². The van der Waals surface area contributed by atoms with Crippen LogP contribution in [-0.4, -0.2) is 137 Å². The Kier molecular flexibility index (Phi) is 19.6. The average Bonchev–Trinajstić information content (AvgIpc) is 3.77. The zero-order chi connectivity index (χ0) is 50.3. The van der Waals surface area contributed by atoms with Crippen molar-refractivity contribution in [3.05, 3.63) is 54.6 Å². The lowest BCUT2D eigenvalue weighted by molar-refractivity contribution is -0.141. The summed E-state index contributed by atoms with van der Waals surface area (Å²) >= 11 is 0. The van der Waals surface area contributed by atoms with Crippen LogP contribution in [0.15, 0.2) is 48.9 Å². The largest absolute Gasteiger partial charge is 0.349 e. The molecular formula is C49H71N11O9. The Labute approximate surface area is 404 Å². The highest BCUT2D eigenvalue weighted by Gasteiger charge is 2.45. The number of aromatic nitrogens is 2. The van der Waals surface area contributed by atoms with Crippen molar-refractivity contribution in [3.8, 4) is 0 Å². The molecule has 1 aromatic heterocycles. The molecule has 1 saturated heterocycles. The van der Waals surface area contributed by atoms with Gasteiger partial charge in [0.15, 0.2) is 0 Å². The van der Waals surface area contributed by atoms with E-state index in [1.807, 2.05) is 0 Å². The fraction of sp³-hybridized carbons (Fsp3) is 0.612. The molecule has 0 radical (unpaired) electrons. The molecule has 7 N–H and O–H groups in total. The molecule has 2 aliphatic carbocycles. The van der Waals surface area contributed by atoms with Crippen LogP contribution in [0, 0.1) is 23.2 Å². The number of likely N-dealkylation sites (N-methyl/N-ethyl adjacent to an activating group) is 1. The number of likely N-dealkylation sites (tertiary alicyclic amines) is 1. The number of nitrogens with zero attached hydrogens (tertiary/aromatic N) is 4. The van der Waals surface area contributed by atoms with Crippen LogP contribution in [0.2, 0.25) is 0 Å².